The van der Waals surface area contributed by atoms with Gasteiger partial charge in [0, 0.05) is 19.7 Å². The van der Waals surface area contributed by atoms with E-state index in [0.29, 0.717) is 13.2 Å². The number of ether oxygens (including phenoxy) is 2. The van der Waals surface area contributed by atoms with E-state index in [2.05, 4.69) is 112 Å². The summed E-state index contributed by atoms with van der Waals surface area (Å²) in [4.78, 5) is 4.33. The summed E-state index contributed by atoms with van der Waals surface area (Å²) in [6.45, 7) is 15.0. The Hall–Kier alpha value is -3.38. The summed E-state index contributed by atoms with van der Waals surface area (Å²) < 4.78 is 11.9. The summed E-state index contributed by atoms with van der Waals surface area (Å²) in [6.07, 6.45) is 7.82. The Morgan fingerprint density at radius 3 is 1.48 bits per heavy atom. The highest BCUT2D eigenvalue weighted by molar-refractivity contribution is 5.84. The van der Waals surface area contributed by atoms with Crippen molar-refractivity contribution < 1.29 is 14.6 Å². The molecule has 2 aliphatic rings. The summed E-state index contributed by atoms with van der Waals surface area (Å²) in [7, 11) is 8.31. The lowest BCUT2D eigenvalue weighted by atomic mass is 9.90. The second kappa shape index (κ2) is 16.9. The first-order chi connectivity index (χ1) is 20.2. The van der Waals surface area contributed by atoms with Crippen molar-refractivity contribution in [3.05, 3.63) is 113 Å². The molecule has 2 aromatic carbocycles. The van der Waals surface area contributed by atoms with E-state index in [9.17, 15) is 5.11 Å². The van der Waals surface area contributed by atoms with Gasteiger partial charge in [0.05, 0.1) is 13.2 Å². The number of benzene rings is 2. The van der Waals surface area contributed by atoms with E-state index in [0.717, 1.165) is 74.2 Å². The van der Waals surface area contributed by atoms with Crippen LogP contribution in [0.25, 0.3) is 5.57 Å². The van der Waals surface area contributed by atoms with E-state index in [4.69, 9.17) is 9.47 Å². The molecule has 5 nitrogen and oxygen atoms in total. The van der Waals surface area contributed by atoms with Gasteiger partial charge in [-0.15, -0.1) is 0 Å². The van der Waals surface area contributed by atoms with Crippen molar-refractivity contribution in [2.75, 3.05) is 61.1 Å². The van der Waals surface area contributed by atoms with Crippen molar-refractivity contribution in [1.29, 1.82) is 0 Å². The topological polar surface area (TPSA) is 45.2 Å². The van der Waals surface area contributed by atoms with E-state index in [1.54, 1.807) is 0 Å². The first kappa shape index (κ1) is 33.1. The maximum atomic E-state index is 9.59. The summed E-state index contributed by atoms with van der Waals surface area (Å²) in [5, 5.41) is 9.59. The second-order valence-corrected chi connectivity index (χ2v) is 11.6. The van der Waals surface area contributed by atoms with Crippen LogP contribution in [-0.2, 0) is 0 Å². The molecule has 0 aliphatic heterocycles. The molecule has 226 valence electrons. The normalized spacial score (nSPS) is 14.6. The maximum Gasteiger partial charge on any atom is 0.119 e. The van der Waals surface area contributed by atoms with Crippen LogP contribution in [-0.4, -0.2) is 76.0 Å². The van der Waals surface area contributed by atoms with Crippen molar-refractivity contribution in [2.45, 2.75) is 38.5 Å². The van der Waals surface area contributed by atoms with Crippen LogP contribution in [0.1, 0.15) is 49.7 Å². The Morgan fingerprint density at radius 1 is 0.714 bits per heavy atom. The Morgan fingerprint density at radius 2 is 1.14 bits per heavy atom. The van der Waals surface area contributed by atoms with Crippen molar-refractivity contribution in [2.24, 2.45) is 0 Å². The molecule has 0 heterocycles. The Labute approximate surface area is 254 Å². The molecule has 2 fully saturated rings. The minimum atomic E-state index is 0.167. The Kier molecular flexibility index (Phi) is 13.3. The molecule has 0 amide bonds. The molecule has 2 aliphatic carbocycles. The van der Waals surface area contributed by atoms with E-state index in [1.165, 1.54) is 33.4 Å². The van der Waals surface area contributed by atoms with Gasteiger partial charge in [-0.25, -0.2) is 0 Å². The number of allylic oxidation sites excluding steroid dienone is 6. The van der Waals surface area contributed by atoms with Crippen LogP contribution >= 0.6 is 0 Å². The van der Waals surface area contributed by atoms with Gasteiger partial charge in [0.15, 0.2) is 0 Å². The highest BCUT2D eigenvalue weighted by atomic mass is 16.5. The molecule has 1 N–H and O–H groups in total. The number of nitrogens with zero attached hydrogens (tertiary/aromatic N) is 2. The lowest BCUT2D eigenvalue weighted by Crippen LogP contribution is -2.15. The summed E-state index contributed by atoms with van der Waals surface area (Å²) in [5.41, 5.74) is 9.62. The van der Waals surface area contributed by atoms with Gasteiger partial charge < -0.3 is 24.4 Å². The average molecular weight is 571 g/mol. The van der Waals surface area contributed by atoms with Crippen LogP contribution in [0.3, 0.4) is 0 Å². The molecule has 5 heteroatoms. The van der Waals surface area contributed by atoms with Crippen LogP contribution in [0.2, 0.25) is 0 Å². The molecule has 0 bridgehead atoms. The van der Waals surface area contributed by atoms with Gasteiger partial charge in [0.25, 0.3) is 0 Å². The van der Waals surface area contributed by atoms with Crippen LogP contribution < -0.4 is 9.47 Å². The van der Waals surface area contributed by atoms with E-state index in [1.807, 2.05) is 0 Å². The average Bonchev–Trinajstić information content (AvgIpc) is 3.86. The van der Waals surface area contributed by atoms with Gasteiger partial charge in [-0.05, 0) is 136 Å². The molecular formula is C37H50N2O3. The second-order valence-electron chi connectivity index (χ2n) is 11.6. The number of aliphatic hydroxyl groups excluding tert-OH is 1. The van der Waals surface area contributed by atoms with Crippen LogP contribution in [0.5, 0.6) is 11.5 Å². The quantitative estimate of drug-likeness (QED) is 0.214. The minimum absolute atomic E-state index is 0.167. The maximum absolute atomic E-state index is 9.59. The first-order valence-corrected chi connectivity index (χ1v) is 15.0. The van der Waals surface area contributed by atoms with E-state index in [-0.39, 0.29) is 6.61 Å². The number of aliphatic hydroxyl groups is 1. The zero-order valence-corrected chi connectivity index (χ0v) is 26.3. The third-order valence-electron chi connectivity index (χ3n) is 7.13. The first-order valence-electron chi connectivity index (χ1n) is 15.0. The van der Waals surface area contributed by atoms with Crippen molar-refractivity contribution in [3.8, 4) is 11.5 Å². The molecule has 0 atom stereocenters. The zero-order chi connectivity index (χ0) is 30.5. The smallest absolute Gasteiger partial charge is 0.119 e. The SMILES string of the molecule is C=C1C/C1=C\C(CCCO)=C(c1ccc(OCCCN(C)C)cc1)c1ccc(OCCCN(C)C)cc1.C=C1CC1=C. The number of hydrogen-bond acceptors (Lipinski definition) is 5. The van der Waals surface area contributed by atoms with Gasteiger partial charge in [-0.2, -0.15) is 0 Å². The molecule has 0 aromatic heterocycles. The van der Waals surface area contributed by atoms with Crippen LogP contribution in [0.15, 0.2) is 102 Å². The molecule has 4 rings (SSSR count). The van der Waals surface area contributed by atoms with Crippen molar-refractivity contribution in [1.82, 2.24) is 9.80 Å². The van der Waals surface area contributed by atoms with Crippen LogP contribution in [0.4, 0.5) is 0 Å². The third-order valence-corrected chi connectivity index (χ3v) is 7.13. The van der Waals surface area contributed by atoms with Crippen LogP contribution in [0, 0.1) is 0 Å². The van der Waals surface area contributed by atoms with Gasteiger partial charge in [-0.1, -0.05) is 50.1 Å². The monoisotopic (exact) mass is 570 g/mol. The largest absolute Gasteiger partial charge is 0.494 e. The van der Waals surface area contributed by atoms with Crippen molar-refractivity contribution >= 4 is 5.57 Å². The molecule has 0 saturated heterocycles. The highest BCUT2D eigenvalue weighted by Gasteiger charge is 2.20. The summed E-state index contributed by atoms with van der Waals surface area (Å²) in [6, 6.07) is 16.8. The third kappa shape index (κ3) is 11.8. The van der Waals surface area contributed by atoms with Gasteiger partial charge >= 0.3 is 0 Å². The standard InChI is InChI=1S/C32H44N2O3.C5H6/c1-25-23-29(25)24-28(9-6-20-35)32(26-10-14-30(15-11-26)36-21-7-18-33(2)3)27-12-16-31(17-13-27)37-22-8-19-34(4)5;1-4-3-5(4)2/h10-17,24,35H,1,6-9,18-23H2,2-5H3;1-3H2/b29-24+;. The molecule has 2 aromatic rings. The predicted octanol–water partition coefficient (Wildman–Crippen LogP) is 7.31. The molecule has 2 saturated carbocycles. The fourth-order valence-electron chi connectivity index (χ4n) is 4.42. The Balaban J connectivity index is 0.000000873. The molecule has 42 heavy (non-hydrogen) atoms. The van der Waals surface area contributed by atoms with Gasteiger partial charge in [-0.3, -0.25) is 0 Å². The van der Waals surface area contributed by atoms with Crippen molar-refractivity contribution in [3.63, 3.8) is 0 Å². The zero-order valence-electron chi connectivity index (χ0n) is 26.3. The lowest BCUT2D eigenvalue weighted by molar-refractivity contribution is 0.281. The van der Waals surface area contributed by atoms with E-state index >= 15 is 0 Å². The van der Waals surface area contributed by atoms with Gasteiger partial charge in [0.2, 0.25) is 0 Å². The molecular weight excluding hydrogens is 520 g/mol. The summed E-state index contributed by atoms with van der Waals surface area (Å²) >= 11 is 0. The predicted molar refractivity (Wildman–Crippen MR) is 177 cm³/mol. The molecule has 0 unspecified atom stereocenters. The fraction of sp³-hybridized carbons (Fsp3) is 0.405. The molecule has 0 spiro atoms. The number of rotatable bonds is 16. The highest BCUT2D eigenvalue weighted by Crippen LogP contribution is 2.39. The Bertz CT molecular complexity index is 1180. The fourth-order valence-corrected chi connectivity index (χ4v) is 4.42. The lowest BCUT2D eigenvalue weighted by Gasteiger charge is -2.16. The van der Waals surface area contributed by atoms with Gasteiger partial charge in [0.1, 0.15) is 11.5 Å². The summed E-state index contributed by atoms with van der Waals surface area (Å²) in [5.74, 6) is 1.77. The minimum Gasteiger partial charge on any atom is -0.494 e. The number of hydrogen-bond donors (Lipinski definition) is 1. The molecule has 0 radical (unpaired) electrons. The van der Waals surface area contributed by atoms with E-state index < -0.39 is 0 Å².